The standard InChI is InChI=1S/C24H24N2O4/c27-21-14-17(15-26(21)18-6-2-1-3-7-18)25-22(28)16-10-12-24(13-11-16)20-9-5-4-8-19(20)23(29)30-24/h1-9,16-17H,10-15H2,(H,25,28)/t16?,17-,24?/m0/s1. The Balaban J connectivity index is 1.20. The molecule has 1 aliphatic carbocycles. The van der Waals surface area contributed by atoms with Gasteiger partial charge in [0.15, 0.2) is 0 Å². The fourth-order valence-electron chi connectivity index (χ4n) is 5.04. The highest BCUT2D eigenvalue weighted by Gasteiger charge is 2.48. The Hall–Kier alpha value is -3.15. The predicted molar refractivity (Wildman–Crippen MR) is 111 cm³/mol. The van der Waals surface area contributed by atoms with E-state index in [9.17, 15) is 14.4 Å². The molecule has 1 atom stereocenters. The summed E-state index contributed by atoms with van der Waals surface area (Å²) in [5, 5.41) is 3.08. The molecule has 2 amide bonds. The van der Waals surface area contributed by atoms with Crippen LogP contribution in [0, 0.1) is 5.92 Å². The van der Waals surface area contributed by atoms with E-state index in [2.05, 4.69) is 5.32 Å². The van der Waals surface area contributed by atoms with Gasteiger partial charge in [0.05, 0.1) is 11.6 Å². The molecule has 6 heteroatoms. The van der Waals surface area contributed by atoms with E-state index in [0.717, 1.165) is 11.3 Å². The molecule has 5 rings (SSSR count). The molecule has 2 aromatic rings. The van der Waals surface area contributed by atoms with Crippen molar-refractivity contribution < 1.29 is 19.1 Å². The molecule has 2 aliphatic heterocycles. The summed E-state index contributed by atoms with van der Waals surface area (Å²) >= 11 is 0. The van der Waals surface area contributed by atoms with Crippen molar-refractivity contribution in [2.75, 3.05) is 11.4 Å². The number of benzene rings is 2. The second-order valence-corrected chi connectivity index (χ2v) is 8.45. The van der Waals surface area contributed by atoms with E-state index >= 15 is 0 Å². The molecule has 2 heterocycles. The van der Waals surface area contributed by atoms with Crippen LogP contribution in [-0.4, -0.2) is 30.4 Å². The van der Waals surface area contributed by atoms with Gasteiger partial charge in [0.1, 0.15) is 5.60 Å². The van der Waals surface area contributed by atoms with Gasteiger partial charge >= 0.3 is 5.97 Å². The maximum Gasteiger partial charge on any atom is 0.339 e. The molecule has 2 aromatic carbocycles. The predicted octanol–water partition coefficient (Wildman–Crippen LogP) is 3.16. The maximum absolute atomic E-state index is 12.9. The summed E-state index contributed by atoms with van der Waals surface area (Å²) in [6.45, 7) is 0.496. The van der Waals surface area contributed by atoms with Crippen molar-refractivity contribution in [1.29, 1.82) is 0 Å². The van der Waals surface area contributed by atoms with E-state index in [4.69, 9.17) is 4.74 Å². The van der Waals surface area contributed by atoms with Crippen molar-refractivity contribution in [1.82, 2.24) is 5.32 Å². The molecule has 3 aliphatic rings. The van der Waals surface area contributed by atoms with Gasteiger partial charge in [-0.3, -0.25) is 9.59 Å². The van der Waals surface area contributed by atoms with Crippen molar-refractivity contribution >= 4 is 23.5 Å². The van der Waals surface area contributed by atoms with Crippen LogP contribution in [0.15, 0.2) is 54.6 Å². The SMILES string of the molecule is O=C1OC2(CCC(C(=O)N[C@H]3CC(=O)N(c4ccccc4)C3)CC2)c2ccccc21. The summed E-state index contributed by atoms with van der Waals surface area (Å²) in [5.41, 5.74) is 1.87. The minimum Gasteiger partial charge on any atom is -0.451 e. The number of fused-ring (bicyclic) bond motifs is 2. The normalized spacial score (nSPS) is 27.8. The Morgan fingerprint density at radius 3 is 2.47 bits per heavy atom. The van der Waals surface area contributed by atoms with E-state index in [1.54, 1.807) is 11.0 Å². The highest BCUT2D eigenvalue weighted by atomic mass is 16.6. The van der Waals surface area contributed by atoms with Crippen LogP contribution in [0.2, 0.25) is 0 Å². The van der Waals surface area contributed by atoms with Crippen LogP contribution < -0.4 is 10.2 Å². The van der Waals surface area contributed by atoms with Gasteiger partial charge in [-0.2, -0.15) is 0 Å². The van der Waals surface area contributed by atoms with Crippen molar-refractivity contribution in [2.45, 2.75) is 43.7 Å². The zero-order valence-corrected chi connectivity index (χ0v) is 16.7. The molecular formula is C24H24N2O4. The van der Waals surface area contributed by atoms with Crippen LogP contribution in [0.3, 0.4) is 0 Å². The maximum atomic E-state index is 12.9. The lowest BCUT2D eigenvalue weighted by molar-refractivity contribution is -0.128. The highest BCUT2D eigenvalue weighted by Crippen LogP contribution is 2.48. The summed E-state index contributed by atoms with van der Waals surface area (Å²) < 4.78 is 5.78. The smallest absolute Gasteiger partial charge is 0.339 e. The molecule has 30 heavy (non-hydrogen) atoms. The Morgan fingerprint density at radius 1 is 1.00 bits per heavy atom. The minimum absolute atomic E-state index is 0.00447. The van der Waals surface area contributed by atoms with E-state index in [0.29, 0.717) is 44.2 Å². The van der Waals surface area contributed by atoms with Crippen LogP contribution in [0.5, 0.6) is 0 Å². The van der Waals surface area contributed by atoms with Gasteiger partial charge in [-0.25, -0.2) is 4.79 Å². The molecule has 0 radical (unpaired) electrons. The number of esters is 1. The summed E-state index contributed by atoms with van der Waals surface area (Å²) in [6.07, 6.45) is 2.94. The third-order valence-corrected chi connectivity index (χ3v) is 6.63. The van der Waals surface area contributed by atoms with Gasteiger partial charge in [0.25, 0.3) is 0 Å². The third kappa shape index (κ3) is 3.16. The molecule has 2 fully saturated rings. The van der Waals surface area contributed by atoms with E-state index in [1.807, 2.05) is 48.5 Å². The molecule has 1 saturated heterocycles. The molecule has 6 nitrogen and oxygen atoms in total. The average Bonchev–Trinajstić information content (AvgIpc) is 3.27. The Morgan fingerprint density at radius 2 is 1.70 bits per heavy atom. The van der Waals surface area contributed by atoms with Crippen molar-refractivity contribution in [3.05, 3.63) is 65.7 Å². The fraction of sp³-hybridized carbons (Fsp3) is 0.375. The first-order valence-corrected chi connectivity index (χ1v) is 10.5. The number of rotatable bonds is 3. The fourth-order valence-corrected chi connectivity index (χ4v) is 5.04. The summed E-state index contributed by atoms with van der Waals surface area (Å²) in [6, 6.07) is 16.9. The largest absolute Gasteiger partial charge is 0.451 e. The Kier molecular flexibility index (Phi) is 4.57. The molecule has 0 bridgehead atoms. The van der Waals surface area contributed by atoms with Gasteiger partial charge in [-0.1, -0.05) is 36.4 Å². The molecule has 154 valence electrons. The number of hydrogen-bond donors (Lipinski definition) is 1. The third-order valence-electron chi connectivity index (χ3n) is 6.63. The van der Waals surface area contributed by atoms with Crippen molar-refractivity contribution in [2.24, 2.45) is 5.92 Å². The second-order valence-electron chi connectivity index (χ2n) is 8.45. The van der Waals surface area contributed by atoms with Gasteiger partial charge in [-0.15, -0.1) is 0 Å². The van der Waals surface area contributed by atoms with Gasteiger partial charge in [0.2, 0.25) is 11.8 Å². The summed E-state index contributed by atoms with van der Waals surface area (Å²) in [4.78, 5) is 39.2. The number of nitrogens with one attached hydrogen (secondary N) is 1. The molecule has 0 unspecified atom stereocenters. The van der Waals surface area contributed by atoms with Crippen LogP contribution >= 0.6 is 0 Å². The Labute approximate surface area is 175 Å². The molecule has 0 aromatic heterocycles. The molecular weight excluding hydrogens is 380 g/mol. The first kappa shape index (κ1) is 18.9. The van der Waals surface area contributed by atoms with E-state index in [1.165, 1.54) is 0 Å². The minimum atomic E-state index is -0.585. The number of carbonyl (C=O) groups is 3. The Bertz CT molecular complexity index is 995. The molecule has 1 spiro atoms. The first-order chi connectivity index (χ1) is 14.6. The number of amides is 2. The molecule has 1 saturated carbocycles. The van der Waals surface area contributed by atoms with E-state index in [-0.39, 0.29) is 29.7 Å². The highest BCUT2D eigenvalue weighted by molar-refractivity contribution is 5.97. The first-order valence-electron chi connectivity index (χ1n) is 10.5. The van der Waals surface area contributed by atoms with Gasteiger partial charge in [0, 0.05) is 30.1 Å². The second kappa shape index (κ2) is 7.27. The zero-order valence-electron chi connectivity index (χ0n) is 16.7. The van der Waals surface area contributed by atoms with Crippen molar-refractivity contribution in [3.8, 4) is 0 Å². The van der Waals surface area contributed by atoms with Crippen LogP contribution in [0.1, 0.15) is 48.0 Å². The number of nitrogens with zero attached hydrogens (tertiary/aromatic N) is 1. The van der Waals surface area contributed by atoms with Gasteiger partial charge in [-0.05, 0) is 43.9 Å². The van der Waals surface area contributed by atoms with Crippen molar-refractivity contribution in [3.63, 3.8) is 0 Å². The topological polar surface area (TPSA) is 75.7 Å². The number of hydrogen-bond acceptors (Lipinski definition) is 4. The van der Waals surface area contributed by atoms with Gasteiger partial charge < -0.3 is 15.0 Å². The monoisotopic (exact) mass is 404 g/mol. The number of carbonyl (C=O) groups excluding carboxylic acids is 3. The summed E-state index contributed by atoms with van der Waals surface area (Å²) in [5.74, 6) is -0.360. The zero-order chi connectivity index (χ0) is 20.7. The number of ether oxygens (including phenoxy) is 1. The van der Waals surface area contributed by atoms with Crippen LogP contribution in [-0.2, 0) is 19.9 Å². The lowest BCUT2D eigenvalue weighted by atomic mass is 9.74. The van der Waals surface area contributed by atoms with Crippen LogP contribution in [0.4, 0.5) is 5.69 Å². The number of para-hydroxylation sites is 1. The van der Waals surface area contributed by atoms with E-state index < -0.39 is 5.60 Å². The average molecular weight is 404 g/mol. The lowest BCUT2D eigenvalue weighted by Crippen LogP contribution is -2.43. The van der Waals surface area contributed by atoms with Crippen LogP contribution in [0.25, 0.3) is 0 Å². The quantitative estimate of drug-likeness (QED) is 0.798. The summed E-state index contributed by atoms with van der Waals surface area (Å²) in [7, 11) is 0. The number of anilines is 1. The lowest BCUT2D eigenvalue weighted by Gasteiger charge is -2.36. The molecule has 1 N–H and O–H groups in total.